The molecule has 11 nitrogen and oxygen atoms in total. The number of carbonyl (C=O) groups is 1. The molecule has 2 aromatic heterocycles. The minimum atomic E-state index is -0.559. The van der Waals surface area contributed by atoms with E-state index in [0.717, 1.165) is 70.7 Å². The van der Waals surface area contributed by atoms with Gasteiger partial charge in [-0.1, -0.05) is 6.07 Å². The van der Waals surface area contributed by atoms with E-state index in [9.17, 15) is 9.59 Å². The van der Waals surface area contributed by atoms with Gasteiger partial charge in [-0.05, 0) is 102 Å². The molecule has 2 aliphatic heterocycles. The lowest BCUT2D eigenvalue weighted by molar-refractivity contribution is 0.0240. The minimum Gasteiger partial charge on any atom is -0.494 e. The van der Waals surface area contributed by atoms with E-state index in [1.54, 1.807) is 12.0 Å². The highest BCUT2D eigenvalue weighted by Crippen LogP contribution is 2.52. The van der Waals surface area contributed by atoms with E-state index in [1.807, 2.05) is 31.5 Å². The van der Waals surface area contributed by atoms with E-state index in [2.05, 4.69) is 52.2 Å². The second-order valence-corrected chi connectivity index (χ2v) is 14.2. The second-order valence-electron chi connectivity index (χ2n) is 14.2. The number of methoxy groups -OCH3 is 1. The number of benzene rings is 2. The number of nitrogens with zero attached hydrogens (tertiary/aromatic N) is 6. The molecule has 11 heteroatoms. The number of carbonyl (C=O) groups excluding carboxylic acids is 1. The molecule has 46 heavy (non-hydrogen) atoms. The zero-order valence-corrected chi connectivity index (χ0v) is 27.9. The lowest BCUT2D eigenvalue weighted by Gasteiger charge is -2.37. The molecular formula is C35H45N7O4. The van der Waals surface area contributed by atoms with Crippen molar-refractivity contribution in [2.24, 2.45) is 0 Å². The number of H-pyrrole nitrogens is 1. The first-order chi connectivity index (χ1) is 22.0. The SMILES string of the molecule is COc1c(-c2c(C)ccc3[nH]ncc23)c(C2CC2)cc2c(N3CCN(C(=O)OC(C)(C)C)CC3)nc(=O)n(CC3CCCN3C)c12. The molecule has 2 saturated heterocycles. The van der Waals surface area contributed by atoms with Gasteiger partial charge in [0.25, 0.3) is 0 Å². The van der Waals surface area contributed by atoms with Gasteiger partial charge in [-0.2, -0.15) is 10.1 Å². The van der Waals surface area contributed by atoms with Gasteiger partial charge in [0, 0.05) is 55.1 Å². The monoisotopic (exact) mass is 627 g/mol. The fourth-order valence-electron chi connectivity index (χ4n) is 7.30. The summed E-state index contributed by atoms with van der Waals surface area (Å²) >= 11 is 0. The Balaban J connectivity index is 1.42. The maximum Gasteiger partial charge on any atom is 0.410 e. The largest absolute Gasteiger partial charge is 0.494 e. The maximum atomic E-state index is 14.2. The van der Waals surface area contributed by atoms with Crippen LogP contribution < -0.4 is 15.3 Å². The van der Waals surface area contributed by atoms with Crippen molar-refractivity contribution in [3.63, 3.8) is 0 Å². The minimum absolute atomic E-state index is 0.237. The van der Waals surface area contributed by atoms with E-state index in [-0.39, 0.29) is 17.8 Å². The lowest BCUT2D eigenvalue weighted by Crippen LogP contribution is -2.50. The number of aromatic nitrogens is 4. The van der Waals surface area contributed by atoms with Crippen molar-refractivity contribution in [2.45, 2.75) is 77.5 Å². The van der Waals surface area contributed by atoms with Gasteiger partial charge in [-0.15, -0.1) is 0 Å². The Morgan fingerprint density at radius 1 is 1.04 bits per heavy atom. The molecule has 7 rings (SSSR count). The van der Waals surface area contributed by atoms with Crippen molar-refractivity contribution in [1.29, 1.82) is 0 Å². The number of hydrogen-bond donors (Lipinski definition) is 1. The van der Waals surface area contributed by atoms with Crippen LogP contribution in [0.2, 0.25) is 0 Å². The third kappa shape index (κ3) is 5.48. The number of anilines is 1. The van der Waals surface area contributed by atoms with Crippen LogP contribution in [-0.4, -0.2) is 94.2 Å². The second kappa shape index (κ2) is 11.6. The smallest absolute Gasteiger partial charge is 0.410 e. The number of rotatable bonds is 6. The van der Waals surface area contributed by atoms with Crippen molar-refractivity contribution in [2.75, 3.05) is 51.8 Å². The van der Waals surface area contributed by atoms with E-state index in [0.29, 0.717) is 50.2 Å². The Hall–Kier alpha value is -4.12. The summed E-state index contributed by atoms with van der Waals surface area (Å²) in [6.45, 7) is 11.4. The third-order valence-corrected chi connectivity index (χ3v) is 9.83. The summed E-state index contributed by atoms with van der Waals surface area (Å²) in [5.74, 6) is 1.77. The number of likely N-dealkylation sites (N-methyl/N-ethyl adjacent to an activating group) is 1. The average molecular weight is 628 g/mol. The summed E-state index contributed by atoms with van der Waals surface area (Å²) < 4.78 is 13.9. The van der Waals surface area contributed by atoms with Crippen LogP contribution in [0, 0.1) is 6.92 Å². The van der Waals surface area contributed by atoms with E-state index in [1.165, 1.54) is 5.56 Å². The molecule has 1 amide bonds. The van der Waals surface area contributed by atoms with Gasteiger partial charge in [0.15, 0.2) is 5.75 Å². The summed E-state index contributed by atoms with van der Waals surface area (Å²) in [6.07, 6.45) is 5.92. The number of aryl methyl sites for hydroxylation is 1. The summed E-state index contributed by atoms with van der Waals surface area (Å²) in [5, 5.41) is 9.48. The molecule has 1 aliphatic carbocycles. The molecule has 0 spiro atoms. The summed E-state index contributed by atoms with van der Waals surface area (Å²) in [4.78, 5) is 38.0. The fraction of sp³-hybridized carbons (Fsp3) is 0.543. The van der Waals surface area contributed by atoms with E-state index >= 15 is 0 Å². The van der Waals surface area contributed by atoms with Crippen molar-refractivity contribution >= 4 is 33.7 Å². The average Bonchev–Trinajstić information content (AvgIpc) is 3.62. The van der Waals surface area contributed by atoms with Gasteiger partial charge < -0.3 is 24.2 Å². The number of nitrogens with one attached hydrogen (secondary N) is 1. The molecule has 3 fully saturated rings. The van der Waals surface area contributed by atoms with E-state index in [4.69, 9.17) is 14.5 Å². The molecule has 1 atom stereocenters. The standard InChI is InChI=1S/C35H45N7O4/c1-21-9-12-27-26(19-36-38-27)28(21)29-24(22-10-11-22)18-25-30(31(29)45-6)42(20-23-8-7-13-39(23)5)33(43)37-32(25)40-14-16-41(17-15-40)34(44)46-35(2,3)4/h9,12,18-19,22-23H,7-8,10-11,13-17,20H2,1-6H3,(H,36,38). The van der Waals surface area contributed by atoms with Crippen LogP contribution in [0.4, 0.5) is 10.6 Å². The van der Waals surface area contributed by atoms with Crippen molar-refractivity contribution in [3.05, 3.63) is 46.0 Å². The highest BCUT2D eigenvalue weighted by Gasteiger charge is 2.35. The van der Waals surface area contributed by atoms with Crippen LogP contribution in [0.25, 0.3) is 32.9 Å². The van der Waals surface area contributed by atoms with Crippen LogP contribution in [0.1, 0.15) is 63.5 Å². The molecule has 1 unspecified atom stereocenters. The number of amides is 1. The van der Waals surface area contributed by atoms with Crippen LogP contribution in [-0.2, 0) is 11.3 Å². The van der Waals surface area contributed by atoms with Crippen molar-refractivity contribution in [3.8, 4) is 16.9 Å². The molecule has 1 N–H and O–H groups in total. The summed E-state index contributed by atoms with van der Waals surface area (Å²) in [7, 11) is 3.85. The predicted octanol–water partition coefficient (Wildman–Crippen LogP) is 5.29. The molecule has 0 bridgehead atoms. The molecule has 4 heterocycles. The van der Waals surface area contributed by atoms with Crippen LogP contribution in [0.5, 0.6) is 5.75 Å². The van der Waals surface area contributed by atoms with Gasteiger partial charge in [0.05, 0.1) is 24.3 Å². The number of likely N-dealkylation sites (tertiary alicyclic amines) is 1. The first-order valence-corrected chi connectivity index (χ1v) is 16.6. The quantitative estimate of drug-likeness (QED) is 0.308. The van der Waals surface area contributed by atoms with Gasteiger partial charge in [-0.25, -0.2) is 9.59 Å². The van der Waals surface area contributed by atoms with Crippen LogP contribution >= 0.6 is 0 Å². The molecule has 4 aromatic rings. The third-order valence-electron chi connectivity index (χ3n) is 9.83. The molecule has 2 aromatic carbocycles. The molecule has 0 radical (unpaired) electrons. The number of fused-ring (bicyclic) bond motifs is 2. The Morgan fingerprint density at radius 2 is 1.80 bits per heavy atom. The normalized spacial score (nSPS) is 19.4. The Morgan fingerprint density at radius 3 is 2.46 bits per heavy atom. The Labute approximate surface area is 269 Å². The van der Waals surface area contributed by atoms with Crippen molar-refractivity contribution in [1.82, 2.24) is 29.5 Å². The first-order valence-electron chi connectivity index (χ1n) is 16.6. The number of ether oxygens (including phenoxy) is 2. The summed E-state index contributed by atoms with van der Waals surface area (Å²) in [5.41, 5.74) is 5.40. The molecule has 244 valence electrons. The lowest BCUT2D eigenvalue weighted by atomic mass is 9.89. The van der Waals surface area contributed by atoms with E-state index < -0.39 is 5.60 Å². The number of aromatic amines is 1. The molecule has 1 saturated carbocycles. The van der Waals surface area contributed by atoms with Crippen molar-refractivity contribution < 1.29 is 14.3 Å². The van der Waals surface area contributed by atoms with Crippen LogP contribution in [0.15, 0.2) is 29.2 Å². The maximum absolute atomic E-state index is 14.2. The predicted molar refractivity (Wildman–Crippen MR) is 180 cm³/mol. The molecular weight excluding hydrogens is 582 g/mol. The highest BCUT2D eigenvalue weighted by atomic mass is 16.6. The highest BCUT2D eigenvalue weighted by molar-refractivity contribution is 6.06. The Kier molecular flexibility index (Phi) is 7.70. The first kappa shape index (κ1) is 30.5. The zero-order valence-electron chi connectivity index (χ0n) is 27.9. The number of piperazine rings is 1. The number of hydrogen-bond acceptors (Lipinski definition) is 8. The van der Waals surface area contributed by atoms with Crippen LogP contribution in [0.3, 0.4) is 0 Å². The fourth-order valence-corrected chi connectivity index (χ4v) is 7.30. The topological polar surface area (TPSA) is 109 Å². The molecule has 3 aliphatic rings. The summed E-state index contributed by atoms with van der Waals surface area (Å²) in [6, 6.07) is 6.70. The zero-order chi connectivity index (χ0) is 32.3. The van der Waals surface area contributed by atoms with Gasteiger partial charge in [0.1, 0.15) is 11.4 Å². The Bertz CT molecular complexity index is 1860. The van der Waals surface area contributed by atoms with Gasteiger partial charge in [-0.3, -0.25) is 9.67 Å². The van der Waals surface area contributed by atoms with Gasteiger partial charge >= 0.3 is 11.8 Å². The van der Waals surface area contributed by atoms with Gasteiger partial charge in [0.2, 0.25) is 0 Å².